The van der Waals surface area contributed by atoms with Crippen LogP contribution >= 0.6 is 0 Å². The predicted octanol–water partition coefficient (Wildman–Crippen LogP) is -0.508. The highest BCUT2D eigenvalue weighted by Gasteiger charge is 2.18. The molecule has 0 amide bonds. The minimum atomic E-state index is -4.67. The highest BCUT2D eigenvalue weighted by Crippen LogP contribution is 2.22. The summed E-state index contributed by atoms with van der Waals surface area (Å²) in [7, 11) is -8.96. The van der Waals surface area contributed by atoms with Gasteiger partial charge in [0.05, 0.1) is 5.69 Å². The van der Waals surface area contributed by atoms with E-state index in [4.69, 9.17) is 33.5 Å². The Morgan fingerprint density at radius 1 is 1.14 bits per heavy atom. The van der Waals surface area contributed by atoms with E-state index in [2.05, 4.69) is 0 Å². The van der Waals surface area contributed by atoms with Crippen molar-refractivity contribution in [2.75, 3.05) is 23.1 Å². The summed E-state index contributed by atoms with van der Waals surface area (Å²) in [6.07, 6.45) is 0. The molecule has 0 spiro atoms. The summed E-state index contributed by atoms with van der Waals surface area (Å²) in [6, 6.07) is 4.68. The van der Waals surface area contributed by atoms with Crippen molar-refractivity contribution in [3.05, 3.63) is 23.8 Å². The summed E-state index contributed by atoms with van der Waals surface area (Å²) in [6.45, 7) is 1.88. The third-order valence-corrected chi connectivity index (χ3v) is 3.10. The fraction of sp³-hybridized carbons (Fsp3) is 0.333. The van der Waals surface area contributed by atoms with Crippen LogP contribution in [0, 0.1) is 6.92 Å². The van der Waals surface area contributed by atoms with E-state index < -0.39 is 20.7 Å². The number of benzene rings is 1. The lowest BCUT2D eigenvalue weighted by Gasteiger charge is -2.20. The fourth-order valence-electron chi connectivity index (χ4n) is 1.31. The summed E-state index contributed by atoms with van der Waals surface area (Å²) < 4.78 is 63.7. The maximum atomic E-state index is 11.1. The van der Waals surface area contributed by atoms with Crippen LogP contribution in [0.5, 0.6) is 0 Å². The molecule has 0 radical (unpaired) electrons. The van der Waals surface area contributed by atoms with E-state index in [0.717, 1.165) is 9.87 Å². The lowest BCUT2D eigenvalue weighted by atomic mass is 10.2. The molecule has 12 heteroatoms. The maximum Gasteiger partial charge on any atom is 0.394 e. The molecule has 0 saturated carbocycles. The Kier molecular flexibility index (Phi) is 7.02. The van der Waals surface area contributed by atoms with Crippen LogP contribution in [0.15, 0.2) is 18.2 Å². The minimum absolute atomic E-state index is 0.0161. The molecule has 0 heterocycles. The lowest BCUT2D eigenvalue weighted by molar-refractivity contribution is 0.381. The number of anilines is 2. The SMILES string of the molecule is Cc1cc(N(CCN)S(=O)(=O)O)ccc1N.O=S(=O)(O)O. The van der Waals surface area contributed by atoms with E-state index in [9.17, 15) is 8.42 Å². The first kappa shape index (κ1) is 19.6. The zero-order valence-electron chi connectivity index (χ0n) is 11.0. The van der Waals surface area contributed by atoms with Crippen LogP contribution in [0.1, 0.15) is 5.56 Å². The van der Waals surface area contributed by atoms with Gasteiger partial charge in [-0.15, -0.1) is 0 Å². The van der Waals surface area contributed by atoms with Gasteiger partial charge in [-0.05, 0) is 30.7 Å². The first-order chi connectivity index (χ1) is 9.36. The summed E-state index contributed by atoms with van der Waals surface area (Å²) in [5.41, 5.74) is 12.6. The predicted molar refractivity (Wildman–Crippen MR) is 77.7 cm³/mol. The molecule has 10 nitrogen and oxygen atoms in total. The van der Waals surface area contributed by atoms with Gasteiger partial charge in [-0.3, -0.25) is 13.7 Å². The van der Waals surface area contributed by atoms with Crippen molar-refractivity contribution >= 4 is 32.1 Å². The van der Waals surface area contributed by atoms with Crippen LogP contribution in [-0.4, -0.2) is 43.6 Å². The zero-order chi connectivity index (χ0) is 16.8. The van der Waals surface area contributed by atoms with Crippen molar-refractivity contribution in [2.45, 2.75) is 6.92 Å². The number of hydrogen-bond acceptors (Lipinski definition) is 6. The molecular weight excluding hydrogens is 326 g/mol. The summed E-state index contributed by atoms with van der Waals surface area (Å²) in [4.78, 5) is 0. The quantitative estimate of drug-likeness (QED) is 0.355. The van der Waals surface area contributed by atoms with Crippen LogP contribution in [0.25, 0.3) is 0 Å². The minimum Gasteiger partial charge on any atom is -0.399 e. The fourth-order valence-corrected chi connectivity index (χ4v) is 2.03. The standard InChI is InChI=1S/C9H15N3O3S.H2O4S/c1-7-6-8(2-3-9(7)11)12(5-4-10)16(13,14)15;1-5(2,3)4/h2-3,6H,4-5,10-11H2,1H3,(H,13,14,15);(H2,1,2,3,4). The van der Waals surface area contributed by atoms with Gasteiger partial charge in [0.25, 0.3) is 0 Å². The van der Waals surface area contributed by atoms with Crippen molar-refractivity contribution in [3.8, 4) is 0 Å². The van der Waals surface area contributed by atoms with E-state index in [0.29, 0.717) is 11.4 Å². The van der Waals surface area contributed by atoms with Gasteiger partial charge >= 0.3 is 20.7 Å². The van der Waals surface area contributed by atoms with E-state index in [1.54, 1.807) is 19.1 Å². The van der Waals surface area contributed by atoms with Gasteiger partial charge in [-0.25, -0.2) is 4.31 Å². The second-order valence-corrected chi connectivity index (χ2v) is 6.06. The van der Waals surface area contributed by atoms with Crippen LogP contribution < -0.4 is 15.8 Å². The number of nitrogens with two attached hydrogens (primary N) is 2. The molecule has 0 unspecified atom stereocenters. The third-order valence-electron chi connectivity index (χ3n) is 2.15. The molecule has 1 aromatic rings. The normalized spacial score (nSPS) is 11.5. The molecule has 1 aromatic carbocycles. The molecule has 0 saturated heterocycles. The Bertz CT molecular complexity index is 665. The van der Waals surface area contributed by atoms with Gasteiger partial charge in [0.2, 0.25) is 0 Å². The van der Waals surface area contributed by atoms with Gasteiger partial charge in [0, 0.05) is 18.8 Å². The number of aryl methyl sites for hydroxylation is 1. The van der Waals surface area contributed by atoms with Crippen LogP contribution in [0.4, 0.5) is 11.4 Å². The zero-order valence-corrected chi connectivity index (χ0v) is 12.7. The first-order valence-electron chi connectivity index (χ1n) is 5.37. The average molecular weight is 343 g/mol. The van der Waals surface area contributed by atoms with Gasteiger partial charge in [0.15, 0.2) is 0 Å². The molecule has 7 N–H and O–H groups in total. The van der Waals surface area contributed by atoms with Gasteiger partial charge < -0.3 is 11.5 Å². The number of nitrogen functional groups attached to an aromatic ring is 1. The van der Waals surface area contributed by atoms with Crippen molar-refractivity contribution in [3.63, 3.8) is 0 Å². The molecule has 0 aliphatic heterocycles. The van der Waals surface area contributed by atoms with Gasteiger partial charge in [0.1, 0.15) is 0 Å². The highest BCUT2D eigenvalue weighted by atomic mass is 32.3. The van der Waals surface area contributed by atoms with Crippen molar-refractivity contribution in [1.29, 1.82) is 0 Å². The average Bonchev–Trinajstić information content (AvgIpc) is 2.26. The largest absolute Gasteiger partial charge is 0.399 e. The Labute approximate surface area is 122 Å². The van der Waals surface area contributed by atoms with Crippen molar-refractivity contribution in [2.24, 2.45) is 5.73 Å². The molecule has 122 valence electrons. The molecule has 0 fully saturated rings. The van der Waals surface area contributed by atoms with Crippen LogP contribution in [0.2, 0.25) is 0 Å². The monoisotopic (exact) mass is 343 g/mol. The Hall–Kier alpha value is -1.44. The van der Waals surface area contributed by atoms with Gasteiger partial charge in [-0.2, -0.15) is 16.8 Å². The molecule has 0 bridgehead atoms. The number of nitrogens with zero attached hydrogens (tertiary/aromatic N) is 1. The smallest absolute Gasteiger partial charge is 0.394 e. The Balaban J connectivity index is 0.000000690. The van der Waals surface area contributed by atoms with E-state index in [1.165, 1.54) is 6.07 Å². The topological polar surface area (TPSA) is 184 Å². The van der Waals surface area contributed by atoms with E-state index in [1.807, 2.05) is 0 Å². The first-order valence-corrected chi connectivity index (χ1v) is 8.17. The summed E-state index contributed by atoms with van der Waals surface area (Å²) in [5.74, 6) is 0. The number of hydrogen-bond donors (Lipinski definition) is 5. The molecule has 1 rings (SSSR count). The summed E-state index contributed by atoms with van der Waals surface area (Å²) in [5, 5.41) is 0. The molecule has 0 aliphatic carbocycles. The molecule has 0 aromatic heterocycles. The van der Waals surface area contributed by atoms with Crippen LogP contribution in [-0.2, 0) is 20.7 Å². The maximum absolute atomic E-state index is 11.1. The molecule has 0 atom stereocenters. The molecule has 0 aliphatic rings. The lowest BCUT2D eigenvalue weighted by Crippen LogP contribution is -2.34. The van der Waals surface area contributed by atoms with E-state index in [-0.39, 0.29) is 13.1 Å². The Morgan fingerprint density at radius 3 is 1.95 bits per heavy atom. The second-order valence-electron chi connectivity index (χ2n) is 3.83. The van der Waals surface area contributed by atoms with E-state index >= 15 is 0 Å². The Morgan fingerprint density at radius 2 is 1.62 bits per heavy atom. The van der Waals surface area contributed by atoms with Crippen molar-refractivity contribution < 1.29 is 30.5 Å². The third kappa shape index (κ3) is 8.44. The highest BCUT2D eigenvalue weighted by molar-refractivity contribution is 7.87. The molecular formula is C9H17N3O7S2. The number of rotatable bonds is 4. The molecule has 21 heavy (non-hydrogen) atoms. The summed E-state index contributed by atoms with van der Waals surface area (Å²) >= 11 is 0. The van der Waals surface area contributed by atoms with Crippen LogP contribution in [0.3, 0.4) is 0 Å². The second kappa shape index (κ2) is 7.53. The van der Waals surface area contributed by atoms with Gasteiger partial charge in [-0.1, -0.05) is 0 Å². The van der Waals surface area contributed by atoms with Crippen molar-refractivity contribution in [1.82, 2.24) is 0 Å².